The Morgan fingerprint density at radius 1 is 0.907 bits per heavy atom. The molecule has 2 amide bonds. The Morgan fingerprint density at radius 3 is 2.19 bits per heavy atom. The Morgan fingerprint density at radius 2 is 1.56 bits per heavy atom. The number of methoxy groups -OCH3 is 2. The van der Waals surface area contributed by atoms with E-state index in [1.54, 1.807) is 37.3 Å². The average Bonchev–Trinajstić information content (AvgIpc) is 3.03. The lowest BCUT2D eigenvalue weighted by molar-refractivity contribution is -0.139. The molecule has 1 N–H and O–H groups in total. The average molecular weight is 608 g/mol. The van der Waals surface area contributed by atoms with E-state index in [0.717, 1.165) is 47.5 Å². The highest BCUT2D eigenvalue weighted by atomic mass is 32.2. The SMILES string of the molecule is COc1ccc(S(=O)(=O)N(CC(=O)N(Cc2ccc(C)cc2)C(C)C(=O)NC2CCCCC2)c2ccccc2)cc1OC. The summed E-state index contributed by atoms with van der Waals surface area (Å²) >= 11 is 0. The molecule has 4 rings (SSSR count). The molecule has 10 heteroatoms. The van der Waals surface area contributed by atoms with E-state index in [2.05, 4.69) is 5.32 Å². The normalized spacial score (nSPS) is 14.4. The first-order valence-corrected chi connectivity index (χ1v) is 16.0. The maximum atomic E-state index is 14.1. The predicted molar refractivity (Wildman–Crippen MR) is 167 cm³/mol. The first-order valence-electron chi connectivity index (χ1n) is 14.6. The summed E-state index contributed by atoms with van der Waals surface area (Å²) in [5, 5.41) is 3.12. The molecule has 0 aromatic heterocycles. The quantitative estimate of drug-likeness (QED) is 0.308. The maximum absolute atomic E-state index is 14.1. The third kappa shape index (κ3) is 7.87. The minimum Gasteiger partial charge on any atom is -0.493 e. The van der Waals surface area contributed by atoms with Crippen LogP contribution in [0.3, 0.4) is 0 Å². The van der Waals surface area contributed by atoms with E-state index in [-0.39, 0.29) is 29.1 Å². The molecule has 1 unspecified atom stereocenters. The third-order valence-electron chi connectivity index (χ3n) is 7.86. The van der Waals surface area contributed by atoms with Gasteiger partial charge in [-0.2, -0.15) is 0 Å². The molecule has 230 valence electrons. The van der Waals surface area contributed by atoms with Crippen LogP contribution in [0.1, 0.15) is 50.2 Å². The molecule has 0 radical (unpaired) electrons. The van der Waals surface area contributed by atoms with Gasteiger partial charge in [-0.25, -0.2) is 8.42 Å². The molecule has 3 aromatic carbocycles. The monoisotopic (exact) mass is 607 g/mol. The van der Waals surface area contributed by atoms with Gasteiger partial charge in [0.2, 0.25) is 11.8 Å². The van der Waals surface area contributed by atoms with Crippen molar-refractivity contribution in [2.75, 3.05) is 25.1 Å². The van der Waals surface area contributed by atoms with Crippen LogP contribution in [0.4, 0.5) is 5.69 Å². The van der Waals surface area contributed by atoms with Gasteiger partial charge in [0.15, 0.2) is 11.5 Å². The van der Waals surface area contributed by atoms with Crippen molar-refractivity contribution in [3.8, 4) is 11.5 Å². The molecule has 0 saturated heterocycles. The zero-order chi connectivity index (χ0) is 31.0. The standard InChI is InChI=1S/C33H41N3O6S/c1-24-15-17-26(18-16-24)22-35(25(2)33(38)34-27-11-7-5-8-12-27)32(37)23-36(28-13-9-6-10-14-28)43(39,40)29-19-20-30(41-3)31(21-29)42-4/h6,9-10,13-21,25,27H,5,7-8,11-12,22-23H2,1-4H3,(H,34,38). The molecule has 1 saturated carbocycles. The van der Waals surface area contributed by atoms with Crippen molar-refractivity contribution in [1.82, 2.24) is 10.2 Å². The van der Waals surface area contributed by atoms with E-state index < -0.39 is 28.5 Å². The molecule has 1 atom stereocenters. The number of ether oxygens (including phenoxy) is 2. The summed E-state index contributed by atoms with van der Waals surface area (Å²) in [6.07, 6.45) is 5.10. The van der Waals surface area contributed by atoms with Crippen LogP contribution in [0.5, 0.6) is 11.5 Å². The summed E-state index contributed by atoms with van der Waals surface area (Å²) in [7, 11) is -1.34. The third-order valence-corrected chi connectivity index (χ3v) is 9.63. The number of amides is 2. The van der Waals surface area contributed by atoms with Crippen LogP contribution in [0.2, 0.25) is 0 Å². The van der Waals surface area contributed by atoms with E-state index in [4.69, 9.17) is 9.47 Å². The molecule has 1 aliphatic carbocycles. The number of rotatable bonds is 12. The van der Waals surface area contributed by atoms with Crippen LogP contribution in [0.15, 0.2) is 77.7 Å². The second-order valence-electron chi connectivity index (χ2n) is 10.9. The summed E-state index contributed by atoms with van der Waals surface area (Å²) in [4.78, 5) is 29.0. The number of carbonyl (C=O) groups excluding carboxylic acids is 2. The smallest absolute Gasteiger partial charge is 0.264 e. The molecule has 1 fully saturated rings. The number of anilines is 1. The fraction of sp³-hybridized carbons (Fsp3) is 0.394. The van der Waals surface area contributed by atoms with Crippen LogP contribution in [-0.2, 0) is 26.2 Å². The number of aryl methyl sites for hydroxylation is 1. The first kappa shape index (κ1) is 31.9. The highest BCUT2D eigenvalue weighted by Crippen LogP contribution is 2.32. The number of hydrogen-bond acceptors (Lipinski definition) is 6. The van der Waals surface area contributed by atoms with Gasteiger partial charge in [0.25, 0.3) is 10.0 Å². The van der Waals surface area contributed by atoms with Crippen LogP contribution in [0.25, 0.3) is 0 Å². The highest BCUT2D eigenvalue weighted by molar-refractivity contribution is 7.92. The molecule has 1 aliphatic rings. The van der Waals surface area contributed by atoms with Gasteiger partial charge in [-0.3, -0.25) is 13.9 Å². The van der Waals surface area contributed by atoms with Crippen molar-refractivity contribution in [3.63, 3.8) is 0 Å². The zero-order valence-corrected chi connectivity index (χ0v) is 26.1. The fourth-order valence-electron chi connectivity index (χ4n) is 5.27. The summed E-state index contributed by atoms with van der Waals surface area (Å²) < 4.78 is 39.9. The highest BCUT2D eigenvalue weighted by Gasteiger charge is 2.33. The van der Waals surface area contributed by atoms with Gasteiger partial charge in [-0.15, -0.1) is 0 Å². The number of hydrogen-bond donors (Lipinski definition) is 1. The van der Waals surface area contributed by atoms with Gasteiger partial charge in [-0.05, 0) is 56.5 Å². The number of nitrogens with zero attached hydrogens (tertiary/aromatic N) is 2. The minimum atomic E-state index is -4.24. The number of sulfonamides is 1. The number of nitrogens with one attached hydrogen (secondary N) is 1. The van der Waals surface area contributed by atoms with Gasteiger partial charge in [0.1, 0.15) is 12.6 Å². The summed E-state index contributed by atoms with van der Waals surface area (Å²) in [6, 6.07) is 19.7. The van der Waals surface area contributed by atoms with Crippen LogP contribution >= 0.6 is 0 Å². The second-order valence-corrected chi connectivity index (χ2v) is 12.8. The van der Waals surface area contributed by atoms with E-state index in [1.807, 2.05) is 31.2 Å². The summed E-state index contributed by atoms with van der Waals surface area (Å²) in [5.41, 5.74) is 2.23. The predicted octanol–water partition coefficient (Wildman–Crippen LogP) is 5.07. The van der Waals surface area contributed by atoms with E-state index in [9.17, 15) is 18.0 Å². The van der Waals surface area contributed by atoms with Gasteiger partial charge in [0.05, 0.1) is 24.8 Å². The van der Waals surface area contributed by atoms with E-state index >= 15 is 0 Å². The fourth-order valence-corrected chi connectivity index (χ4v) is 6.70. The van der Waals surface area contributed by atoms with Crippen molar-refractivity contribution >= 4 is 27.5 Å². The Kier molecular flexibility index (Phi) is 10.7. The molecular weight excluding hydrogens is 566 g/mol. The zero-order valence-electron chi connectivity index (χ0n) is 25.3. The van der Waals surface area contributed by atoms with Crippen molar-refractivity contribution < 1.29 is 27.5 Å². The summed E-state index contributed by atoms with van der Waals surface area (Å²) in [5.74, 6) is -0.121. The summed E-state index contributed by atoms with van der Waals surface area (Å²) in [6.45, 7) is 3.31. The van der Waals surface area contributed by atoms with Gasteiger partial charge >= 0.3 is 0 Å². The van der Waals surface area contributed by atoms with Crippen LogP contribution < -0.4 is 19.1 Å². The molecule has 0 aliphatic heterocycles. The lowest BCUT2D eigenvalue weighted by Crippen LogP contribution is -2.53. The Hall–Kier alpha value is -4.05. The molecule has 3 aromatic rings. The Labute approximate surface area is 254 Å². The second kappa shape index (κ2) is 14.4. The van der Waals surface area contributed by atoms with Crippen molar-refractivity contribution in [2.45, 2.75) is 69.5 Å². The molecule has 43 heavy (non-hydrogen) atoms. The van der Waals surface area contributed by atoms with Crippen molar-refractivity contribution in [1.29, 1.82) is 0 Å². The largest absolute Gasteiger partial charge is 0.493 e. The van der Waals surface area contributed by atoms with Crippen LogP contribution in [0, 0.1) is 6.92 Å². The van der Waals surface area contributed by atoms with E-state index in [1.165, 1.54) is 37.3 Å². The van der Waals surface area contributed by atoms with Crippen LogP contribution in [-0.4, -0.2) is 58.0 Å². The van der Waals surface area contributed by atoms with Crippen molar-refractivity contribution in [2.24, 2.45) is 0 Å². The first-order chi connectivity index (χ1) is 20.6. The minimum absolute atomic E-state index is 0.0602. The molecule has 0 heterocycles. The van der Waals surface area contributed by atoms with Crippen molar-refractivity contribution in [3.05, 3.63) is 83.9 Å². The molecule has 0 spiro atoms. The Bertz CT molecular complexity index is 1490. The van der Waals surface area contributed by atoms with Gasteiger partial charge in [0, 0.05) is 18.7 Å². The Balaban J connectivity index is 1.68. The molecular formula is C33H41N3O6S. The van der Waals surface area contributed by atoms with Gasteiger partial charge < -0.3 is 19.7 Å². The molecule has 0 bridgehead atoms. The lowest BCUT2D eigenvalue weighted by atomic mass is 9.95. The molecule has 9 nitrogen and oxygen atoms in total. The van der Waals surface area contributed by atoms with Gasteiger partial charge in [-0.1, -0.05) is 67.3 Å². The number of carbonyl (C=O) groups is 2. The topological polar surface area (TPSA) is 105 Å². The van der Waals surface area contributed by atoms with E-state index in [0.29, 0.717) is 11.4 Å². The number of benzene rings is 3. The lowest BCUT2D eigenvalue weighted by Gasteiger charge is -2.33. The number of para-hydroxylation sites is 1. The maximum Gasteiger partial charge on any atom is 0.264 e.